The molecular formula is C11H11N3OS. The Bertz CT molecular complexity index is 481. The molecular weight excluding hydrogens is 222 g/mol. The van der Waals surface area contributed by atoms with E-state index in [1.54, 1.807) is 18.3 Å². The van der Waals surface area contributed by atoms with Gasteiger partial charge in [0.05, 0.1) is 4.88 Å². The summed E-state index contributed by atoms with van der Waals surface area (Å²) in [5, 5.41) is 0. The highest BCUT2D eigenvalue weighted by Gasteiger charge is 2.06. The number of nitrogens with zero attached hydrogens (tertiary/aromatic N) is 1. The highest BCUT2D eigenvalue weighted by Crippen LogP contribution is 2.14. The molecule has 0 unspecified atom stereocenters. The molecule has 0 spiro atoms. The van der Waals surface area contributed by atoms with Crippen LogP contribution in [0, 0.1) is 6.92 Å². The van der Waals surface area contributed by atoms with Crippen molar-refractivity contribution in [2.24, 2.45) is 0 Å². The quantitative estimate of drug-likeness (QED) is 0.799. The minimum absolute atomic E-state index is 0.149. The molecule has 0 aliphatic carbocycles. The Morgan fingerprint density at radius 3 is 2.81 bits per heavy atom. The Labute approximate surface area is 97.3 Å². The zero-order chi connectivity index (χ0) is 11.4. The molecule has 0 aliphatic rings. The first-order valence-electron chi connectivity index (χ1n) is 4.79. The van der Waals surface area contributed by atoms with E-state index in [1.807, 2.05) is 25.1 Å². The standard InChI is InChI=1S/C11H11N3OS/c1-8-5-6-9(16-8)11(15)14-13-10-4-2-3-7-12-10/h2-7H,1H3,(H,12,13)(H,14,15). The normalized spacial score (nSPS) is 9.81. The number of hydrogen-bond acceptors (Lipinski definition) is 4. The number of nitrogens with one attached hydrogen (secondary N) is 2. The molecule has 4 nitrogen and oxygen atoms in total. The fourth-order valence-corrected chi connectivity index (χ4v) is 1.94. The highest BCUT2D eigenvalue weighted by atomic mass is 32.1. The second-order valence-electron chi connectivity index (χ2n) is 3.20. The van der Waals surface area contributed by atoms with Crippen molar-refractivity contribution >= 4 is 23.1 Å². The number of aryl methyl sites for hydroxylation is 1. The van der Waals surface area contributed by atoms with Gasteiger partial charge >= 0.3 is 0 Å². The predicted molar refractivity (Wildman–Crippen MR) is 64.4 cm³/mol. The van der Waals surface area contributed by atoms with Crippen LogP contribution in [-0.4, -0.2) is 10.9 Å². The summed E-state index contributed by atoms with van der Waals surface area (Å²) in [6.07, 6.45) is 1.66. The predicted octanol–water partition coefficient (Wildman–Crippen LogP) is 2.21. The van der Waals surface area contributed by atoms with Gasteiger partial charge in [-0.15, -0.1) is 11.3 Å². The van der Waals surface area contributed by atoms with Crippen LogP contribution >= 0.6 is 11.3 Å². The summed E-state index contributed by atoms with van der Waals surface area (Å²) in [5.41, 5.74) is 5.34. The molecule has 2 aromatic heterocycles. The fraction of sp³-hybridized carbons (Fsp3) is 0.0909. The van der Waals surface area contributed by atoms with E-state index < -0.39 is 0 Å². The number of amides is 1. The van der Waals surface area contributed by atoms with Crippen LogP contribution in [0.25, 0.3) is 0 Å². The van der Waals surface area contributed by atoms with E-state index in [1.165, 1.54) is 11.3 Å². The maximum atomic E-state index is 11.6. The van der Waals surface area contributed by atoms with Crippen molar-refractivity contribution in [3.8, 4) is 0 Å². The summed E-state index contributed by atoms with van der Waals surface area (Å²) in [5.74, 6) is 0.466. The van der Waals surface area contributed by atoms with Gasteiger partial charge in [0.1, 0.15) is 5.82 Å². The third-order valence-electron chi connectivity index (χ3n) is 1.93. The lowest BCUT2D eigenvalue weighted by molar-refractivity contribution is 0.0966. The Morgan fingerprint density at radius 1 is 1.31 bits per heavy atom. The number of carbonyl (C=O) groups excluding carboxylic acids is 1. The van der Waals surface area contributed by atoms with E-state index in [2.05, 4.69) is 15.8 Å². The lowest BCUT2D eigenvalue weighted by Crippen LogP contribution is -2.29. The summed E-state index contributed by atoms with van der Waals surface area (Å²) in [4.78, 5) is 17.5. The second-order valence-corrected chi connectivity index (χ2v) is 4.49. The first kappa shape index (κ1) is 10.6. The van der Waals surface area contributed by atoms with Gasteiger partial charge < -0.3 is 0 Å². The third-order valence-corrected chi connectivity index (χ3v) is 2.93. The molecule has 0 bridgehead atoms. The van der Waals surface area contributed by atoms with E-state index >= 15 is 0 Å². The van der Waals surface area contributed by atoms with E-state index in [0.717, 1.165) is 4.88 Å². The summed E-state index contributed by atoms with van der Waals surface area (Å²) in [6, 6.07) is 9.15. The van der Waals surface area contributed by atoms with Gasteiger partial charge in [0.2, 0.25) is 0 Å². The number of hydrogen-bond donors (Lipinski definition) is 2. The van der Waals surface area contributed by atoms with Gasteiger partial charge in [-0.1, -0.05) is 6.07 Å². The van der Waals surface area contributed by atoms with Crippen LogP contribution in [0.5, 0.6) is 0 Å². The van der Waals surface area contributed by atoms with E-state index in [0.29, 0.717) is 10.7 Å². The number of anilines is 1. The molecule has 2 N–H and O–H groups in total. The van der Waals surface area contributed by atoms with Gasteiger partial charge in [-0.25, -0.2) is 4.98 Å². The summed E-state index contributed by atoms with van der Waals surface area (Å²) in [7, 11) is 0. The maximum absolute atomic E-state index is 11.6. The van der Waals surface area contributed by atoms with E-state index in [-0.39, 0.29) is 5.91 Å². The van der Waals surface area contributed by atoms with Crippen LogP contribution in [0.4, 0.5) is 5.82 Å². The Morgan fingerprint density at radius 2 is 2.19 bits per heavy atom. The molecule has 5 heteroatoms. The van der Waals surface area contributed by atoms with Gasteiger partial charge in [0.15, 0.2) is 0 Å². The number of pyridine rings is 1. The van der Waals surface area contributed by atoms with Crippen LogP contribution in [-0.2, 0) is 0 Å². The SMILES string of the molecule is Cc1ccc(C(=O)NNc2ccccn2)s1. The van der Waals surface area contributed by atoms with Crippen LogP contribution in [0.15, 0.2) is 36.5 Å². The Balaban J connectivity index is 1.94. The van der Waals surface area contributed by atoms with Gasteiger partial charge in [-0.05, 0) is 31.2 Å². The summed E-state index contributed by atoms with van der Waals surface area (Å²) < 4.78 is 0. The molecule has 0 fully saturated rings. The number of aromatic nitrogens is 1. The number of carbonyl (C=O) groups is 1. The van der Waals surface area contributed by atoms with E-state index in [9.17, 15) is 4.79 Å². The fourth-order valence-electron chi connectivity index (χ4n) is 1.18. The molecule has 1 amide bonds. The van der Waals surface area contributed by atoms with Crippen LogP contribution < -0.4 is 10.9 Å². The first-order valence-corrected chi connectivity index (χ1v) is 5.61. The van der Waals surface area contributed by atoms with Crippen molar-refractivity contribution < 1.29 is 4.79 Å². The molecule has 2 heterocycles. The molecule has 2 rings (SSSR count). The van der Waals surface area contributed by atoms with Crippen molar-refractivity contribution in [3.63, 3.8) is 0 Å². The van der Waals surface area contributed by atoms with Crippen molar-refractivity contribution in [1.29, 1.82) is 0 Å². The van der Waals surface area contributed by atoms with Crippen molar-refractivity contribution in [3.05, 3.63) is 46.3 Å². The largest absolute Gasteiger partial charge is 0.282 e. The average Bonchev–Trinajstić information content (AvgIpc) is 2.74. The first-order chi connectivity index (χ1) is 7.75. The van der Waals surface area contributed by atoms with Crippen LogP contribution in [0.2, 0.25) is 0 Å². The number of rotatable bonds is 3. The molecule has 2 aromatic rings. The lowest BCUT2D eigenvalue weighted by atomic mass is 10.4. The lowest BCUT2D eigenvalue weighted by Gasteiger charge is -2.05. The van der Waals surface area contributed by atoms with Crippen molar-refractivity contribution in [1.82, 2.24) is 10.4 Å². The minimum atomic E-state index is -0.149. The Hall–Kier alpha value is -1.88. The monoisotopic (exact) mass is 233 g/mol. The molecule has 0 aromatic carbocycles. The highest BCUT2D eigenvalue weighted by molar-refractivity contribution is 7.13. The average molecular weight is 233 g/mol. The smallest absolute Gasteiger partial charge is 0.279 e. The third kappa shape index (κ3) is 2.58. The van der Waals surface area contributed by atoms with Crippen molar-refractivity contribution in [2.75, 3.05) is 5.43 Å². The van der Waals surface area contributed by atoms with Gasteiger partial charge in [-0.2, -0.15) is 0 Å². The van der Waals surface area contributed by atoms with Crippen molar-refractivity contribution in [2.45, 2.75) is 6.92 Å². The van der Waals surface area contributed by atoms with Crippen LogP contribution in [0.1, 0.15) is 14.5 Å². The molecule has 82 valence electrons. The zero-order valence-corrected chi connectivity index (χ0v) is 9.54. The second kappa shape index (κ2) is 4.76. The summed E-state index contributed by atoms with van der Waals surface area (Å²) in [6.45, 7) is 1.97. The zero-order valence-electron chi connectivity index (χ0n) is 8.73. The number of hydrazine groups is 1. The molecule has 0 saturated carbocycles. The molecule has 0 saturated heterocycles. The molecule has 16 heavy (non-hydrogen) atoms. The topological polar surface area (TPSA) is 54.0 Å². The van der Waals surface area contributed by atoms with Crippen LogP contribution in [0.3, 0.4) is 0 Å². The Kier molecular flexibility index (Phi) is 3.16. The summed E-state index contributed by atoms with van der Waals surface area (Å²) >= 11 is 1.46. The van der Waals surface area contributed by atoms with E-state index in [4.69, 9.17) is 0 Å². The molecule has 0 atom stereocenters. The molecule has 0 aliphatic heterocycles. The van der Waals surface area contributed by atoms with Gasteiger partial charge in [0.25, 0.3) is 5.91 Å². The van der Waals surface area contributed by atoms with Gasteiger partial charge in [-0.3, -0.25) is 15.6 Å². The molecule has 0 radical (unpaired) electrons. The minimum Gasteiger partial charge on any atom is -0.282 e. The number of thiophene rings is 1. The maximum Gasteiger partial charge on any atom is 0.279 e. The van der Waals surface area contributed by atoms with Gasteiger partial charge in [0, 0.05) is 11.1 Å².